The Morgan fingerprint density at radius 1 is 1.00 bits per heavy atom. The molecular weight excluding hydrogens is 384 g/mol. The summed E-state index contributed by atoms with van der Waals surface area (Å²) in [6.45, 7) is 3.94. The van der Waals surface area contributed by atoms with Gasteiger partial charge in [0.2, 0.25) is 0 Å². The zero-order valence-electron chi connectivity index (χ0n) is 11.5. The average molecular weight is 398 g/mol. The van der Waals surface area contributed by atoms with Crippen LogP contribution >= 0.6 is 31.9 Å². The Bertz CT molecular complexity index is 678. The van der Waals surface area contributed by atoms with Crippen molar-refractivity contribution < 1.29 is 9.53 Å². The van der Waals surface area contributed by atoms with E-state index in [2.05, 4.69) is 31.9 Å². The third kappa shape index (κ3) is 2.96. The van der Waals surface area contributed by atoms with E-state index in [9.17, 15) is 4.79 Å². The van der Waals surface area contributed by atoms with Gasteiger partial charge in [0, 0.05) is 14.5 Å². The molecule has 0 spiro atoms. The van der Waals surface area contributed by atoms with Crippen molar-refractivity contribution in [2.24, 2.45) is 0 Å². The molecule has 0 aliphatic carbocycles. The van der Waals surface area contributed by atoms with Gasteiger partial charge in [0.05, 0.1) is 12.7 Å². The first-order valence-corrected chi connectivity index (χ1v) is 7.67. The molecule has 0 radical (unpaired) electrons. The molecule has 0 unspecified atom stereocenters. The second kappa shape index (κ2) is 6.10. The Morgan fingerprint density at radius 2 is 1.70 bits per heavy atom. The summed E-state index contributed by atoms with van der Waals surface area (Å²) in [6.07, 6.45) is 0. The lowest BCUT2D eigenvalue weighted by Gasteiger charge is -2.11. The molecule has 0 atom stereocenters. The lowest BCUT2D eigenvalue weighted by Crippen LogP contribution is -2.06. The molecule has 20 heavy (non-hydrogen) atoms. The number of halogens is 2. The predicted octanol–water partition coefficient (Wildman–Crippen LogP) is 5.07. The van der Waals surface area contributed by atoms with E-state index in [0.29, 0.717) is 16.9 Å². The highest BCUT2D eigenvalue weighted by molar-refractivity contribution is 9.11. The highest BCUT2D eigenvalue weighted by atomic mass is 79.9. The standard InChI is InChI=1S/C16H14Br2O2/c1-9-4-5-15(20-3)12(6-9)16(19)11-8-13(17)10(2)7-14(11)18/h4-8H,1-3H3. The fraction of sp³-hybridized carbons (Fsp3) is 0.188. The van der Waals surface area contributed by atoms with E-state index in [1.807, 2.05) is 44.2 Å². The fourth-order valence-corrected chi connectivity index (χ4v) is 2.95. The molecule has 0 saturated carbocycles. The monoisotopic (exact) mass is 396 g/mol. The van der Waals surface area contributed by atoms with Gasteiger partial charge in [-0.05, 0) is 43.7 Å². The maximum Gasteiger partial charge on any atom is 0.197 e. The molecule has 0 bridgehead atoms. The Balaban J connectivity index is 2.57. The Hall–Kier alpha value is -1.13. The van der Waals surface area contributed by atoms with Crippen LogP contribution in [0.2, 0.25) is 0 Å². The van der Waals surface area contributed by atoms with Gasteiger partial charge in [-0.25, -0.2) is 0 Å². The first kappa shape index (κ1) is 15.3. The molecule has 2 rings (SSSR count). The average Bonchev–Trinajstić information content (AvgIpc) is 2.42. The van der Waals surface area contributed by atoms with Gasteiger partial charge < -0.3 is 4.74 Å². The summed E-state index contributed by atoms with van der Waals surface area (Å²) >= 11 is 6.93. The van der Waals surface area contributed by atoms with Crippen molar-refractivity contribution in [2.75, 3.05) is 7.11 Å². The smallest absolute Gasteiger partial charge is 0.197 e. The lowest BCUT2D eigenvalue weighted by molar-refractivity contribution is 0.103. The van der Waals surface area contributed by atoms with E-state index in [-0.39, 0.29) is 5.78 Å². The van der Waals surface area contributed by atoms with Crippen LogP contribution in [0.3, 0.4) is 0 Å². The van der Waals surface area contributed by atoms with Gasteiger partial charge in [0.1, 0.15) is 5.75 Å². The third-order valence-electron chi connectivity index (χ3n) is 3.09. The van der Waals surface area contributed by atoms with Crippen LogP contribution < -0.4 is 4.74 Å². The molecule has 0 heterocycles. The SMILES string of the molecule is COc1ccc(C)cc1C(=O)c1cc(Br)c(C)cc1Br. The minimum absolute atomic E-state index is 0.0573. The third-order valence-corrected chi connectivity index (χ3v) is 4.60. The predicted molar refractivity (Wildman–Crippen MR) is 87.7 cm³/mol. The van der Waals surface area contributed by atoms with Crippen molar-refractivity contribution in [1.29, 1.82) is 0 Å². The van der Waals surface area contributed by atoms with Crippen molar-refractivity contribution in [1.82, 2.24) is 0 Å². The molecule has 2 aromatic rings. The Kier molecular flexibility index (Phi) is 4.66. The van der Waals surface area contributed by atoms with Crippen LogP contribution in [0.15, 0.2) is 39.3 Å². The van der Waals surface area contributed by atoms with E-state index in [4.69, 9.17) is 4.74 Å². The minimum atomic E-state index is -0.0573. The molecule has 4 heteroatoms. The molecule has 0 N–H and O–H groups in total. The molecule has 0 fully saturated rings. The van der Waals surface area contributed by atoms with Crippen molar-refractivity contribution in [3.63, 3.8) is 0 Å². The normalized spacial score (nSPS) is 10.4. The van der Waals surface area contributed by atoms with Crippen LogP contribution in [-0.2, 0) is 0 Å². The molecule has 2 aromatic carbocycles. The number of rotatable bonds is 3. The molecule has 0 aromatic heterocycles. The fourth-order valence-electron chi connectivity index (χ4n) is 1.96. The summed E-state index contributed by atoms with van der Waals surface area (Å²) < 4.78 is 6.99. The van der Waals surface area contributed by atoms with Crippen molar-refractivity contribution >= 4 is 37.6 Å². The number of ether oxygens (including phenoxy) is 1. The summed E-state index contributed by atoms with van der Waals surface area (Å²) in [5, 5.41) is 0. The molecule has 0 saturated heterocycles. The number of benzene rings is 2. The Labute approximate surface area is 135 Å². The largest absolute Gasteiger partial charge is 0.496 e. The first-order chi connectivity index (χ1) is 9.43. The number of ketones is 1. The molecule has 0 aliphatic rings. The van der Waals surface area contributed by atoms with E-state index in [1.165, 1.54) is 0 Å². The maximum absolute atomic E-state index is 12.7. The van der Waals surface area contributed by atoms with Crippen LogP contribution in [-0.4, -0.2) is 12.9 Å². The van der Waals surface area contributed by atoms with E-state index >= 15 is 0 Å². The van der Waals surface area contributed by atoms with Crippen molar-refractivity contribution in [3.8, 4) is 5.75 Å². The quantitative estimate of drug-likeness (QED) is 0.676. The molecule has 2 nitrogen and oxygen atoms in total. The highest BCUT2D eigenvalue weighted by Gasteiger charge is 2.18. The maximum atomic E-state index is 12.7. The minimum Gasteiger partial charge on any atom is -0.496 e. The number of hydrogen-bond acceptors (Lipinski definition) is 2. The summed E-state index contributed by atoms with van der Waals surface area (Å²) in [5.41, 5.74) is 3.29. The zero-order valence-corrected chi connectivity index (χ0v) is 14.6. The van der Waals surface area contributed by atoms with Gasteiger partial charge in [0.25, 0.3) is 0 Å². The molecular formula is C16H14Br2O2. The van der Waals surface area contributed by atoms with E-state index in [0.717, 1.165) is 20.1 Å². The van der Waals surface area contributed by atoms with Crippen LogP contribution in [0.25, 0.3) is 0 Å². The lowest BCUT2D eigenvalue weighted by atomic mass is 10.00. The molecule has 0 amide bonds. The van der Waals surface area contributed by atoms with Gasteiger partial charge in [0.15, 0.2) is 5.78 Å². The molecule has 0 aliphatic heterocycles. The second-order valence-corrected chi connectivity index (χ2v) is 6.32. The Morgan fingerprint density at radius 3 is 2.35 bits per heavy atom. The number of aryl methyl sites for hydroxylation is 2. The summed E-state index contributed by atoms with van der Waals surface area (Å²) in [6, 6.07) is 9.36. The number of hydrogen-bond donors (Lipinski definition) is 0. The first-order valence-electron chi connectivity index (χ1n) is 6.09. The highest BCUT2D eigenvalue weighted by Crippen LogP contribution is 2.30. The van der Waals surface area contributed by atoms with Crippen molar-refractivity contribution in [3.05, 3.63) is 61.5 Å². The topological polar surface area (TPSA) is 26.3 Å². The van der Waals surface area contributed by atoms with Crippen LogP contribution in [0.4, 0.5) is 0 Å². The summed E-state index contributed by atoms with van der Waals surface area (Å²) in [7, 11) is 1.57. The van der Waals surface area contributed by atoms with Crippen molar-refractivity contribution in [2.45, 2.75) is 13.8 Å². The van der Waals surface area contributed by atoms with Gasteiger partial charge in [-0.2, -0.15) is 0 Å². The second-order valence-electron chi connectivity index (χ2n) is 4.61. The van der Waals surface area contributed by atoms with Crippen LogP contribution in [0.1, 0.15) is 27.0 Å². The van der Waals surface area contributed by atoms with Crippen LogP contribution in [0.5, 0.6) is 5.75 Å². The number of carbonyl (C=O) groups excluding carboxylic acids is 1. The van der Waals surface area contributed by atoms with E-state index < -0.39 is 0 Å². The number of methoxy groups -OCH3 is 1. The van der Waals surface area contributed by atoms with Gasteiger partial charge in [-0.3, -0.25) is 4.79 Å². The summed E-state index contributed by atoms with van der Waals surface area (Å²) in [4.78, 5) is 12.7. The van der Waals surface area contributed by atoms with E-state index in [1.54, 1.807) is 7.11 Å². The molecule has 104 valence electrons. The zero-order chi connectivity index (χ0) is 14.9. The van der Waals surface area contributed by atoms with Gasteiger partial charge >= 0.3 is 0 Å². The number of carbonyl (C=O) groups is 1. The van der Waals surface area contributed by atoms with Gasteiger partial charge in [-0.15, -0.1) is 0 Å². The van der Waals surface area contributed by atoms with Gasteiger partial charge in [-0.1, -0.05) is 43.5 Å². The summed E-state index contributed by atoms with van der Waals surface area (Å²) in [5.74, 6) is 0.530. The van der Waals surface area contributed by atoms with Crippen LogP contribution in [0, 0.1) is 13.8 Å².